The van der Waals surface area contributed by atoms with Gasteiger partial charge in [0, 0.05) is 28.9 Å². The van der Waals surface area contributed by atoms with Crippen LogP contribution in [0.1, 0.15) is 10.4 Å². The van der Waals surface area contributed by atoms with Crippen LogP contribution < -0.4 is 4.74 Å². The van der Waals surface area contributed by atoms with Crippen LogP contribution in [0.4, 0.5) is 0 Å². The Hall–Kier alpha value is -2.33. The van der Waals surface area contributed by atoms with Crippen LogP contribution in [0.15, 0.2) is 48.8 Å². The number of carbonyl (C=O) groups excluding carboxylic acids is 1. The minimum atomic E-state index is -0.109. The summed E-state index contributed by atoms with van der Waals surface area (Å²) >= 11 is 5.87. The van der Waals surface area contributed by atoms with Crippen molar-refractivity contribution in [3.05, 3.63) is 59.5 Å². The monoisotopic (exact) mass is 286 g/mol. The minimum Gasteiger partial charge on any atom is -0.482 e. The molecule has 3 rings (SSSR count). The Morgan fingerprint density at radius 2 is 2.10 bits per heavy atom. The predicted molar refractivity (Wildman–Crippen MR) is 77.4 cm³/mol. The number of ether oxygens (including phenoxy) is 1. The molecule has 0 saturated heterocycles. The third-order valence-electron chi connectivity index (χ3n) is 2.97. The zero-order valence-corrected chi connectivity index (χ0v) is 11.2. The van der Waals surface area contributed by atoms with Crippen LogP contribution in [0.3, 0.4) is 0 Å². The number of benzene rings is 1. The molecule has 0 aliphatic rings. The zero-order chi connectivity index (χ0) is 13.9. The van der Waals surface area contributed by atoms with Crippen molar-refractivity contribution in [3.8, 4) is 5.75 Å². The molecule has 20 heavy (non-hydrogen) atoms. The quantitative estimate of drug-likeness (QED) is 0.590. The van der Waals surface area contributed by atoms with Gasteiger partial charge < -0.3 is 9.72 Å². The molecular formula is C15H11ClN2O2. The lowest BCUT2D eigenvalue weighted by Gasteiger charge is -2.05. The van der Waals surface area contributed by atoms with Crippen molar-refractivity contribution in [1.82, 2.24) is 9.97 Å². The highest BCUT2D eigenvalue weighted by atomic mass is 35.5. The number of H-pyrrole nitrogens is 1. The summed E-state index contributed by atoms with van der Waals surface area (Å²) in [6.45, 7) is -0.0761. The molecule has 100 valence electrons. The summed E-state index contributed by atoms with van der Waals surface area (Å²) < 4.78 is 5.41. The van der Waals surface area contributed by atoms with E-state index < -0.39 is 0 Å². The van der Waals surface area contributed by atoms with E-state index in [1.54, 1.807) is 24.5 Å². The number of ketones is 1. The first-order chi connectivity index (χ1) is 9.75. The Kier molecular flexibility index (Phi) is 3.39. The van der Waals surface area contributed by atoms with Gasteiger partial charge in [-0.25, -0.2) is 4.98 Å². The normalized spacial score (nSPS) is 10.7. The van der Waals surface area contributed by atoms with Crippen molar-refractivity contribution in [2.45, 2.75) is 0 Å². The Bertz CT molecular complexity index is 767. The summed E-state index contributed by atoms with van der Waals surface area (Å²) in [5, 5.41) is 1.14. The largest absolute Gasteiger partial charge is 0.482 e. The fourth-order valence-corrected chi connectivity index (χ4v) is 2.18. The summed E-state index contributed by atoms with van der Waals surface area (Å²) in [5.74, 6) is 0.296. The van der Waals surface area contributed by atoms with Crippen LogP contribution in [0.25, 0.3) is 10.9 Å². The van der Waals surface area contributed by atoms with Gasteiger partial charge in [-0.15, -0.1) is 0 Å². The molecule has 0 spiro atoms. The molecule has 0 aliphatic heterocycles. The predicted octanol–water partition coefficient (Wildman–Crippen LogP) is 3.48. The number of fused-ring (bicyclic) bond motifs is 1. The van der Waals surface area contributed by atoms with E-state index >= 15 is 0 Å². The summed E-state index contributed by atoms with van der Waals surface area (Å²) in [6.07, 6.45) is 3.26. The van der Waals surface area contributed by atoms with Crippen LogP contribution in [-0.4, -0.2) is 22.4 Å². The first-order valence-electron chi connectivity index (χ1n) is 6.08. The summed E-state index contributed by atoms with van der Waals surface area (Å²) in [6, 6.07) is 11.0. The van der Waals surface area contributed by atoms with E-state index in [4.69, 9.17) is 16.3 Å². The number of para-hydroxylation sites is 1. The second kappa shape index (κ2) is 5.35. The van der Waals surface area contributed by atoms with E-state index in [0.717, 1.165) is 10.9 Å². The summed E-state index contributed by atoms with van der Waals surface area (Å²) in [4.78, 5) is 19.2. The van der Waals surface area contributed by atoms with Crippen LogP contribution in [0, 0.1) is 0 Å². The maximum Gasteiger partial charge on any atom is 0.202 e. The molecule has 1 N–H and O–H groups in total. The third kappa shape index (κ3) is 2.38. The van der Waals surface area contributed by atoms with E-state index in [-0.39, 0.29) is 17.5 Å². The third-order valence-corrected chi connectivity index (χ3v) is 3.26. The van der Waals surface area contributed by atoms with Crippen molar-refractivity contribution in [1.29, 1.82) is 0 Å². The van der Waals surface area contributed by atoms with Crippen LogP contribution in [-0.2, 0) is 0 Å². The highest BCUT2D eigenvalue weighted by Crippen LogP contribution is 2.22. The molecule has 0 amide bonds. The number of carbonyl (C=O) groups is 1. The van der Waals surface area contributed by atoms with Gasteiger partial charge in [-0.3, -0.25) is 4.79 Å². The molecule has 5 heteroatoms. The molecule has 0 bridgehead atoms. The SMILES string of the molecule is O=C(COc1cccnc1Cl)c1c[nH]c2ccccc12. The Morgan fingerprint density at radius 3 is 2.95 bits per heavy atom. The molecular weight excluding hydrogens is 276 g/mol. The van der Waals surface area contributed by atoms with Crippen LogP contribution >= 0.6 is 11.6 Å². The van der Waals surface area contributed by atoms with Gasteiger partial charge in [0.25, 0.3) is 0 Å². The number of rotatable bonds is 4. The zero-order valence-electron chi connectivity index (χ0n) is 10.5. The average Bonchev–Trinajstić information content (AvgIpc) is 2.90. The molecule has 1 aromatic carbocycles. The lowest BCUT2D eigenvalue weighted by Crippen LogP contribution is -2.11. The molecule has 0 atom stereocenters. The van der Waals surface area contributed by atoms with Gasteiger partial charge >= 0.3 is 0 Å². The van der Waals surface area contributed by atoms with Crippen LogP contribution in [0.2, 0.25) is 5.15 Å². The number of hydrogen-bond acceptors (Lipinski definition) is 3. The molecule has 2 heterocycles. The minimum absolute atomic E-state index is 0.0761. The van der Waals surface area contributed by atoms with Gasteiger partial charge in [0.15, 0.2) is 17.5 Å². The van der Waals surface area contributed by atoms with Gasteiger partial charge in [-0.05, 0) is 18.2 Å². The summed E-state index contributed by atoms with van der Waals surface area (Å²) in [7, 11) is 0. The van der Waals surface area contributed by atoms with Crippen molar-refractivity contribution < 1.29 is 9.53 Å². The first-order valence-corrected chi connectivity index (χ1v) is 6.46. The second-order valence-corrected chi connectivity index (χ2v) is 4.61. The van der Waals surface area contributed by atoms with E-state index in [1.807, 2.05) is 24.3 Å². The summed E-state index contributed by atoms with van der Waals surface area (Å²) in [5.41, 5.74) is 1.54. The van der Waals surface area contributed by atoms with Gasteiger partial charge in [0.05, 0.1) is 0 Å². The van der Waals surface area contributed by atoms with Crippen LogP contribution in [0.5, 0.6) is 5.75 Å². The number of nitrogens with zero attached hydrogens (tertiary/aromatic N) is 1. The first kappa shape index (κ1) is 12.7. The smallest absolute Gasteiger partial charge is 0.202 e. The maximum atomic E-state index is 12.2. The van der Waals surface area contributed by atoms with Gasteiger partial charge in [0.2, 0.25) is 5.78 Å². The van der Waals surface area contributed by atoms with E-state index in [1.165, 1.54) is 0 Å². The van der Waals surface area contributed by atoms with Crippen molar-refractivity contribution in [2.75, 3.05) is 6.61 Å². The van der Waals surface area contributed by atoms with Gasteiger partial charge in [0.1, 0.15) is 0 Å². The number of aromatic nitrogens is 2. The molecule has 0 fully saturated rings. The van der Waals surface area contributed by atoms with Crippen molar-refractivity contribution in [3.63, 3.8) is 0 Å². The second-order valence-electron chi connectivity index (χ2n) is 4.25. The number of halogens is 1. The topological polar surface area (TPSA) is 55.0 Å². The highest BCUT2D eigenvalue weighted by molar-refractivity contribution is 6.30. The average molecular weight is 287 g/mol. The van der Waals surface area contributed by atoms with Gasteiger partial charge in [-0.2, -0.15) is 0 Å². The Labute approximate surface area is 120 Å². The molecule has 3 aromatic rings. The number of pyridine rings is 1. The number of Topliss-reactive ketones (excluding diaryl/α,β-unsaturated/α-hetero) is 1. The lowest BCUT2D eigenvalue weighted by molar-refractivity contribution is 0.0923. The Morgan fingerprint density at radius 1 is 1.25 bits per heavy atom. The molecule has 0 unspecified atom stereocenters. The van der Waals surface area contributed by atoms with Crippen molar-refractivity contribution in [2.24, 2.45) is 0 Å². The fourth-order valence-electron chi connectivity index (χ4n) is 2.00. The number of hydrogen-bond donors (Lipinski definition) is 1. The van der Waals surface area contributed by atoms with Gasteiger partial charge in [-0.1, -0.05) is 29.8 Å². The van der Waals surface area contributed by atoms with Crippen molar-refractivity contribution >= 4 is 28.3 Å². The molecule has 0 radical (unpaired) electrons. The number of nitrogens with one attached hydrogen (secondary N) is 1. The molecule has 4 nitrogen and oxygen atoms in total. The standard InChI is InChI=1S/C15H11ClN2O2/c16-15-14(6-3-7-17-15)20-9-13(19)11-8-18-12-5-2-1-4-10(11)12/h1-8,18H,9H2. The molecule has 0 aliphatic carbocycles. The Balaban J connectivity index is 1.79. The fraction of sp³-hybridized carbons (Fsp3) is 0.0667. The lowest BCUT2D eigenvalue weighted by atomic mass is 10.1. The van der Waals surface area contributed by atoms with E-state index in [0.29, 0.717) is 11.3 Å². The molecule has 0 saturated carbocycles. The maximum absolute atomic E-state index is 12.2. The highest BCUT2D eigenvalue weighted by Gasteiger charge is 2.13. The van der Waals surface area contributed by atoms with E-state index in [2.05, 4.69) is 9.97 Å². The molecule has 2 aromatic heterocycles. The van der Waals surface area contributed by atoms with E-state index in [9.17, 15) is 4.79 Å². The number of aromatic amines is 1.